The monoisotopic (exact) mass is 412 g/mol. The Kier molecular flexibility index (Phi) is 6.20. The van der Waals surface area contributed by atoms with E-state index in [0.29, 0.717) is 10.6 Å². The summed E-state index contributed by atoms with van der Waals surface area (Å²) >= 11 is 5.80. The maximum absolute atomic E-state index is 12.2. The van der Waals surface area contributed by atoms with Crippen molar-refractivity contribution in [3.05, 3.63) is 87.2 Å². The van der Waals surface area contributed by atoms with Crippen LogP contribution in [0.25, 0.3) is 0 Å². The number of halogens is 1. The highest BCUT2D eigenvalue weighted by molar-refractivity contribution is 6.30. The van der Waals surface area contributed by atoms with Gasteiger partial charge >= 0.3 is 5.69 Å². The molecule has 9 nitrogen and oxygen atoms in total. The quantitative estimate of drug-likeness (QED) is 0.396. The summed E-state index contributed by atoms with van der Waals surface area (Å²) in [6.45, 7) is 1.86. The van der Waals surface area contributed by atoms with Gasteiger partial charge in [-0.25, -0.2) is 9.97 Å². The third-order valence-corrected chi connectivity index (χ3v) is 4.31. The summed E-state index contributed by atoms with van der Waals surface area (Å²) in [7, 11) is 0. The molecule has 0 bridgehead atoms. The highest BCUT2D eigenvalue weighted by Gasteiger charge is 2.24. The van der Waals surface area contributed by atoms with Crippen molar-refractivity contribution in [3.63, 3.8) is 0 Å². The molecule has 3 rings (SSSR count). The first-order valence-electron chi connectivity index (χ1n) is 8.58. The minimum Gasteiger partial charge on any atom is -0.358 e. The molecule has 1 unspecified atom stereocenters. The van der Waals surface area contributed by atoms with Gasteiger partial charge in [-0.1, -0.05) is 41.9 Å². The van der Waals surface area contributed by atoms with E-state index in [1.165, 1.54) is 18.5 Å². The number of hydrazine groups is 1. The molecule has 3 N–H and O–H groups in total. The minimum absolute atomic E-state index is 0.0320. The second-order valence-electron chi connectivity index (χ2n) is 6.04. The first-order valence-corrected chi connectivity index (χ1v) is 8.96. The Bertz CT molecular complexity index is 1010. The molecule has 0 saturated carbocycles. The van der Waals surface area contributed by atoms with Crippen molar-refractivity contribution in [2.75, 3.05) is 10.7 Å². The van der Waals surface area contributed by atoms with E-state index in [2.05, 4.69) is 26.1 Å². The van der Waals surface area contributed by atoms with E-state index >= 15 is 0 Å². The number of hydrogen-bond acceptors (Lipinski definition) is 7. The molecule has 29 heavy (non-hydrogen) atoms. The Morgan fingerprint density at radius 2 is 1.72 bits per heavy atom. The van der Waals surface area contributed by atoms with E-state index in [-0.39, 0.29) is 23.4 Å². The van der Waals surface area contributed by atoms with Gasteiger partial charge in [0.2, 0.25) is 11.6 Å². The van der Waals surface area contributed by atoms with Crippen LogP contribution in [-0.2, 0) is 0 Å². The highest BCUT2D eigenvalue weighted by Crippen LogP contribution is 2.31. The first-order chi connectivity index (χ1) is 14.0. The van der Waals surface area contributed by atoms with Crippen molar-refractivity contribution < 1.29 is 9.72 Å². The van der Waals surface area contributed by atoms with Gasteiger partial charge in [0, 0.05) is 10.6 Å². The van der Waals surface area contributed by atoms with E-state index in [4.69, 9.17) is 11.6 Å². The molecule has 0 fully saturated rings. The molecule has 0 saturated heterocycles. The number of rotatable bonds is 7. The number of aromatic nitrogens is 2. The van der Waals surface area contributed by atoms with Gasteiger partial charge in [-0.05, 0) is 36.8 Å². The van der Waals surface area contributed by atoms with Gasteiger partial charge in [-0.3, -0.25) is 25.8 Å². The standard InChI is InChI=1S/C19H17ClN6O3/c1-12(13-5-3-2-4-6-13)23-17-16(26(28)29)18(22-11-21-17)24-25-19(27)14-7-9-15(20)10-8-14/h2-12H,1H3,(H,25,27)(H2,21,22,23,24). The summed E-state index contributed by atoms with van der Waals surface area (Å²) in [6.07, 6.45) is 1.17. The zero-order valence-corrected chi connectivity index (χ0v) is 16.1. The molecule has 148 valence electrons. The van der Waals surface area contributed by atoms with Crippen molar-refractivity contribution in [2.45, 2.75) is 13.0 Å². The lowest BCUT2D eigenvalue weighted by Gasteiger charge is -2.16. The Morgan fingerprint density at radius 3 is 2.38 bits per heavy atom. The highest BCUT2D eigenvalue weighted by atomic mass is 35.5. The predicted molar refractivity (Wildman–Crippen MR) is 110 cm³/mol. The van der Waals surface area contributed by atoms with Gasteiger partial charge in [0.25, 0.3) is 5.91 Å². The predicted octanol–water partition coefficient (Wildman–Crippen LogP) is 3.97. The molecule has 0 aliphatic heterocycles. The summed E-state index contributed by atoms with van der Waals surface area (Å²) in [6, 6.07) is 15.4. The third kappa shape index (κ3) is 4.96. The fourth-order valence-corrected chi connectivity index (χ4v) is 2.69. The number of nitro groups is 1. The number of anilines is 2. The fourth-order valence-electron chi connectivity index (χ4n) is 2.57. The molecular formula is C19H17ClN6O3. The molecule has 1 atom stereocenters. The van der Waals surface area contributed by atoms with Crippen LogP contribution in [0.1, 0.15) is 28.9 Å². The number of carbonyl (C=O) groups is 1. The molecule has 1 amide bonds. The number of nitrogens with one attached hydrogen (secondary N) is 3. The van der Waals surface area contributed by atoms with Crippen LogP contribution in [-0.4, -0.2) is 20.8 Å². The maximum Gasteiger partial charge on any atom is 0.354 e. The van der Waals surface area contributed by atoms with Crippen LogP contribution in [0.3, 0.4) is 0 Å². The largest absolute Gasteiger partial charge is 0.358 e. The zero-order valence-electron chi connectivity index (χ0n) is 15.3. The lowest BCUT2D eigenvalue weighted by atomic mass is 10.1. The normalized spacial score (nSPS) is 11.4. The van der Waals surface area contributed by atoms with E-state index in [9.17, 15) is 14.9 Å². The Balaban J connectivity index is 1.78. The van der Waals surface area contributed by atoms with Gasteiger partial charge in [-0.2, -0.15) is 0 Å². The van der Waals surface area contributed by atoms with Crippen LogP contribution in [0.4, 0.5) is 17.3 Å². The van der Waals surface area contributed by atoms with Crippen molar-refractivity contribution in [1.29, 1.82) is 0 Å². The molecule has 0 spiro atoms. The second-order valence-corrected chi connectivity index (χ2v) is 6.48. The van der Waals surface area contributed by atoms with Crippen LogP contribution in [0.15, 0.2) is 60.9 Å². The number of hydrogen-bond donors (Lipinski definition) is 3. The molecule has 10 heteroatoms. The molecule has 1 heterocycles. The Morgan fingerprint density at radius 1 is 1.07 bits per heavy atom. The van der Waals surface area contributed by atoms with Crippen LogP contribution >= 0.6 is 11.6 Å². The summed E-state index contributed by atoms with van der Waals surface area (Å²) in [5, 5.41) is 15.1. The molecule has 0 radical (unpaired) electrons. The molecule has 3 aromatic rings. The lowest BCUT2D eigenvalue weighted by molar-refractivity contribution is -0.383. The van der Waals surface area contributed by atoms with Gasteiger partial charge in [0.1, 0.15) is 6.33 Å². The molecule has 2 aromatic carbocycles. The summed E-state index contributed by atoms with van der Waals surface area (Å²) in [5.74, 6) is -0.610. The van der Waals surface area contributed by atoms with Crippen molar-refractivity contribution in [2.24, 2.45) is 0 Å². The average Bonchev–Trinajstić information content (AvgIpc) is 2.73. The van der Waals surface area contributed by atoms with Gasteiger partial charge in [-0.15, -0.1) is 0 Å². The topological polar surface area (TPSA) is 122 Å². The van der Waals surface area contributed by atoms with Crippen molar-refractivity contribution in [3.8, 4) is 0 Å². The smallest absolute Gasteiger partial charge is 0.354 e. The zero-order chi connectivity index (χ0) is 20.8. The van der Waals surface area contributed by atoms with Crippen LogP contribution < -0.4 is 16.2 Å². The number of benzene rings is 2. The minimum atomic E-state index is -0.614. The molecule has 1 aromatic heterocycles. The van der Waals surface area contributed by atoms with Crippen LogP contribution in [0.2, 0.25) is 5.02 Å². The maximum atomic E-state index is 12.2. The van der Waals surface area contributed by atoms with Crippen LogP contribution in [0.5, 0.6) is 0 Å². The van der Waals surface area contributed by atoms with Crippen LogP contribution in [0, 0.1) is 10.1 Å². The summed E-state index contributed by atoms with van der Waals surface area (Å²) in [4.78, 5) is 31.1. The molecular weight excluding hydrogens is 396 g/mol. The third-order valence-electron chi connectivity index (χ3n) is 4.06. The van der Waals surface area contributed by atoms with Crippen molar-refractivity contribution >= 4 is 34.8 Å². The van der Waals surface area contributed by atoms with Gasteiger partial charge in [0.15, 0.2) is 0 Å². The first kappa shape index (κ1) is 20.0. The molecule has 0 aliphatic carbocycles. The van der Waals surface area contributed by atoms with Gasteiger partial charge < -0.3 is 5.32 Å². The average molecular weight is 413 g/mol. The van der Waals surface area contributed by atoms with Gasteiger partial charge in [0.05, 0.1) is 11.0 Å². The van der Waals surface area contributed by atoms with E-state index in [1.54, 1.807) is 12.1 Å². The van der Waals surface area contributed by atoms with E-state index in [0.717, 1.165) is 5.56 Å². The molecule has 0 aliphatic rings. The Labute approximate surface area is 171 Å². The summed E-state index contributed by atoms with van der Waals surface area (Å²) in [5.41, 5.74) is 5.77. The SMILES string of the molecule is CC(Nc1ncnc(NNC(=O)c2ccc(Cl)cc2)c1[N+](=O)[O-])c1ccccc1. The fraction of sp³-hybridized carbons (Fsp3) is 0.105. The van der Waals surface area contributed by atoms with Crippen molar-refractivity contribution in [1.82, 2.24) is 15.4 Å². The lowest BCUT2D eigenvalue weighted by Crippen LogP contribution is -2.30. The number of nitrogens with zero attached hydrogens (tertiary/aromatic N) is 3. The Hall–Kier alpha value is -3.72. The number of carbonyl (C=O) groups excluding carboxylic acids is 1. The van der Waals surface area contributed by atoms with E-state index < -0.39 is 10.8 Å². The van der Waals surface area contributed by atoms with E-state index in [1.807, 2.05) is 37.3 Å². The summed E-state index contributed by atoms with van der Waals surface area (Å²) < 4.78 is 0. The number of amides is 1. The second kappa shape index (κ2) is 8.98.